The van der Waals surface area contributed by atoms with Crippen LogP contribution in [0.4, 0.5) is 0 Å². The van der Waals surface area contributed by atoms with E-state index in [0.717, 1.165) is 11.1 Å². The molecule has 0 aliphatic rings. The third kappa shape index (κ3) is 2.46. The maximum Gasteiger partial charge on any atom is 0.335 e. The number of rotatable bonds is 2. The van der Waals surface area contributed by atoms with E-state index in [1.54, 1.807) is 6.07 Å². The molecule has 0 atom stereocenters. The summed E-state index contributed by atoms with van der Waals surface area (Å²) < 4.78 is 0. The zero-order chi connectivity index (χ0) is 10.7. The van der Waals surface area contributed by atoms with Crippen LogP contribution in [0.1, 0.15) is 35.3 Å². The number of carbonyl (C=O) groups is 1. The Morgan fingerprint density at radius 1 is 1.36 bits per heavy atom. The summed E-state index contributed by atoms with van der Waals surface area (Å²) in [6, 6.07) is 5.35. The van der Waals surface area contributed by atoms with Crippen molar-refractivity contribution in [2.24, 2.45) is 0 Å². The number of allylic oxidation sites excluding steroid dienone is 1. The smallest absolute Gasteiger partial charge is 0.335 e. The summed E-state index contributed by atoms with van der Waals surface area (Å²) in [5.41, 5.74) is 3.42. The van der Waals surface area contributed by atoms with Crippen molar-refractivity contribution in [3.05, 3.63) is 40.5 Å². The second kappa shape index (κ2) is 4.09. The Labute approximate surface area is 83.9 Å². The Balaban J connectivity index is 3.13. The average molecular weight is 190 g/mol. The molecule has 0 bridgehead atoms. The quantitative estimate of drug-likeness (QED) is 0.778. The molecule has 0 amide bonds. The number of benzene rings is 1. The van der Waals surface area contributed by atoms with Crippen molar-refractivity contribution in [2.45, 2.75) is 20.8 Å². The lowest BCUT2D eigenvalue weighted by Crippen LogP contribution is -1.99. The van der Waals surface area contributed by atoms with E-state index in [1.165, 1.54) is 5.57 Å². The first-order chi connectivity index (χ1) is 6.50. The highest BCUT2D eigenvalue weighted by atomic mass is 16.4. The molecule has 0 heterocycles. The van der Waals surface area contributed by atoms with Crippen LogP contribution >= 0.6 is 0 Å². The molecule has 1 rings (SSSR count). The summed E-state index contributed by atoms with van der Waals surface area (Å²) in [6.07, 6.45) is 2.03. The summed E-state index contributed by atoms with van der Waals surface area (Å²) in [7, 11) is 0. The summed E-state index contributed by atoms with van der Waals surface area (Å²) in [5.74, 6) is -0.869. The first-order valence-corrected chi connectivity index (χ1v) is 4.49. The Morgan fingerprint density at radius 2 is 2.00 bits per heavy atom. The van der Waals surface area contributed by atoms with E-state index in [4.69, 9.17) is 5.11 Å². The minimum absolute atomic E-state index is 0.371. The average Bonchev–Trinajstić information content (AvgIpc) is 2.01. The summed E-state index contributed by atoms with van der Waals surface area (Å²) in [5, 5.41) is 8.82. The van der Waals surface area contributed by atoms with Gasteiger partial charge in [-0.2, -0.15) is 0 Å². The number of aryl methyl sites for hydroxylation is 1. The first kappa shape index (κ1) is 10.5. The fraction of sp³-hybridized carbons (Fsp3) is 0.250. The van der Waals surface area contributed by atoms with E-state index in [-0.39, 0.29) is 0 Å². The maximum atomic E-state index is 10.7. The zero-order valence-corrected chi connectivity index (χ0v) is 8.66. The van der Waals surface area contributed by atoms with Crippen LogP contribution in [0.25, 0.3) is 6.08 Å². The van der Waals surface area contributed by atoms with E-state index < -0.39 is 5.97 Å². The molecule has 1 aromatic rings. The molecule has 0 saturated heterocycles. The van der Waals surface area contributed by atoms with Crippen LogP contribution in [0.15, 0.2) is 23.8 Å². The predicted octanol–water partition coefficient (Wildman–Crippen LogP) is 3.12. The van der Waals surface area contributed by atoms with Crippen LogP contribution in [0.2, 0.25) is 0 Å². The van der Waals surface area contributed by atoms with Gasteiger partial charge in [0, 0.05) is 0 Å². The Hall–Kier alpha value is -1.57. The minimum atomic E-state index is -0.869. The van der Waals surface area contributed by atoms with Crippen LogP contribution in [0.3, 0.4) is 0 Å². The SMILES string of the molecule is CC(C)=Cc1ccc(C(=O)O)c(C)c1. The molecule has 0 radical (unpaired) electrons. The molecule has 0 aromatic heterocycles. The molecule has 0 spiro atoms. The van der Waals surface area contributed by atoms with Gasteiger partial charge in [-0.05, 0) is 38.0 Å². The second-order valence-corrected chi connectivity index (χ2v) is 3.60. The first-order valence-electron chi connectivity index (χ1n) is 4.49. The van der Waals surface area contributed by atoms with Crippen molar-refractivity contribution < 1.29 is 9.90 Å². The van der Waals surface area contributed by atoms with Crippen molar-refractivity contribution in [3.8, 4) is 0 Å². The summed E-state index contributed by atoms with van der Waals surface area (Å²) >= 11 is 0. The molecule has 1 aromatic carbocycles. The van der Waals surface area contributed by atoms with E-state index in [2.05, 4.69) is 0 Å². The van der Waals surface area contributed by atoms with Gasteiger partial charge in [0.05, 0.1) is 5.56 Å². The van der Waals surface area contributed by atoms with Crippen LogP contribution in [-0.4, -0.2) is 11.1 Å². The summed E-state index contributed by atoms with van der Waals surface area (Å²) in [6.45, 7) is 5.84. The number of aromatic carboxylic acids is 1. The van der Waals surface area contributed by atoms with Gasteiger partial charge in [-0.15, -0.1) is 0 Å². The van der Waals surface area contributed by atoms with E-state index in [9.17, 15) is 4.79 Å². The second-order valence-electron chi connectivity index (χ2n) is 3.60. The Bertz CT molecular complexity index is 385. The largest absolute Gasteiger partial charge is 0.478 e. The lowest BCUT2D eigenvalue weighted by Gasteiger charge is -2.02. The number of hydrogen-bond acceptors (Lipinski definition) is 1. The number of carboxylic acid groups (broad SMARTS) is 1. The Morgan fingerprint density at radius 3 is 2.43 bits per heavy atom. The molecule has 0 saturated carbocycles. The monoisotopic (exact) mass is 190 g/mol. The zero-order valence-electron chi connectivity index (χ0n) is 8.66. The molecule has 2 nitrogen and oxygen atoms in total. The fourth-order valence-corrected chi connectivity index (χ4v) is 1.35. The molecule has 0 aliphatic carbocycles. The van der Waals surface area contributed by atoms with Gasteiger partial charge in [-0.3, -0.25) is 0 Å². The molecule has 74 valence electrons. The van der Waals surface area contributed by atoms with Crippen molar-refractivity contribution in [3.63, 3.8) is 0 Å². The van der Waals surface area contributed by atoms with Gasteiger partial charge < -0.3 is 5.11 Å². The van der Waals surface area contributed by atoms with Crippen LogP contribution in [0.5, 0.6) is 0 Å². The molecule has 14 heavy (non-hydrogen) atoms. The Kier molecular flexibility index (Phi) is 3.07. The van der Waals surface area contributed by atoms with Gasteiger partial charge in [-0.1, -0.05) is 23.8 Å². The van der Waals surface area contributed by atoms with Gasteiger partial charge in [0.25, 0.3) is 0 Å². The maximum absolute atomic E-state index is 10.7. The highest BCUT2D eigenvalue weighted by molar-refractivity contribution is 5.89. The van der Waals surface area contributed by atoms with E-state index in [0.29, 0.717) is 5.56 Å². The van der Waals surface area contributed by atoms with Gasteiger partial charge >= 0.3 is 5.97 Å². The van der Waals surface area contributed by atoms with Crippen LogP contribution < -0.4 is 0 Å². The van der Waals surface area contributed by atoms with Gasteiger partial charge in [0.15, 0.2) is 0 Å². The number of carboxylic acids is 1. The van der Waals surface area contributed by atoms with Crippen LogP contribution in [0, 0.1) is 6.92 Å². The van der Waals surface area contributed by atoms with Crippen molar-refractivity contribution in [2.75, 3.05) is 0 Å². The van der Waals surface area contributed by atoms with Gasteiger partial charge in [0.1, 0.15) is 0 Å². The highest BCUT2D eigenvalue weighted by Crippen LogP contribution is 2.13. The molecule has 0 fully saturated rings. The molecular weight excluding hydrogens is 176 g/mol. The van der Waals surface area contributed by atoms with E-state index in [1.807, 2.05) is 39.0 Å². The minimum Gasteiger partial charge on any atom is -0.478 e. The molecular formula is C12H14O2. The fourth-order valence-electron chi connectivity index (χ4n) is 1.35. The van der Waals surface area contributed by atoms with Crippen LogP contribution in [-0.2, 0) is 0 Å². The van der Waals surface area contributed by atoms with Crippen molar-refractivity contribution in [1.29, 1.82) is 0 Å². The third-order valence-electron chi connectivity index (χ3n) is 1.94. The van der Waals surface area contributed by atoms with Gasteiger partial charge in [0.2, 0.25) is 0 Å². The van der Waals surface area contributed by atoms with Gasteiger partial charge in [-0.25, -0.2) is 4.79 Å². The highest BCUT2D eigenvalue weighted by Gasteiger charge is 2.05. The van der Waals surface area contributed by atoms with Crippen molar-refractivity contribution in [1.82, 2.24) is 0 Å². The third-order valence-corrected chi connectivity index (χ3v) is 1.94. The van der Waals surface area contributed by atoms with Crippen molar-refractivity contribution >= 4 is 12.0 Å². The summed E-state index contributed by atoms with van der Waals surface area (Å²) in [4.78, 5) is 10.7. The lowest BCUT2D eigenvalue weighted by molar-refractivity contribution is 0.0696. The topological polar surface area (TPSA) is 37.3 Å². The van der Waals surface area contributed by atoms with E-state index >= 15 is 0 Å². The molecule has 0 aliphatic heterocycles. The normalized spacial score (nSPS) is 9.64. The predicted molar refractivity (Wildman–Crippen MR) is 57.5 cm³/mol. The lowest BCUT2D eigenvalue weighted by atomic mass is 10.0. The molecule has 2 heteroatoms. The molecule has 0 unspecified atom stereocenters. The standard InChI is InChI=1S/C12H14O2/c1-8(2)6-10-4-5-11(12(13)14)9(3)7-10/h4-7H,1-3H3,(H,13,14). The molecule has 1 N–H and O–H groups in total. The number of hydrogen-bond donors (Lipinski definition) is 1.